The third kappa shape index (κ3) is 4.29. The van der Waals surface area contributed by atoms with Crippen molar-refractivity contribution in [2.75, 3.05) is 44.2 Å². The minimum Gasteiger partial charge on any atom is -0.374 e. The Kier molecular flexibility index (Phi) is 5.36. The van der Waals surface area contributed by atoms with Crippen molar-refractivity contribution >= 4 is 5.69 Å². The first-order chi connectivity index (χ1) is 11.9. The van der Waals surface area contributed by atoms with Crippen molar-refractivity contribution in [3.63, 3.8) is 0 Å². The van der Waals surface area contributed by atoms with Gasteiger partial charge >= 0.3 is 0 Å². The summed E-state index contributed by atoms with van der Waals surface area (Å²) in [5.74, 6) is 0. The SMILES string of the molecule is c1cc(N2CCCCC2)ccc1CNC[C@H]1CN(C2CC2)CCO1. The Bertz CT molecular complexity index is 508. The van der Waals surface area contributed by atoms with E-state index in [4.69, 9.17) is 4.74 Å². The van der Waals surface area contributed by atoms with Gasteiger partial charge in [-0.05, 0) is 49.8 Å². The van der Waals surface area contributed by atoms with Crippen molar-refractivity contribution < 1.29 is 4.74 Å². The number of ether oxygens (including phenoxy) is 1. The zero-order chi connectivity index (χ0) is 16.2. The number of hydrogen-bond donors (Lipinski definition) is 1. The van der Waals surface area contributed by atoms with Gasteiger partial charge in [0.15, 0.2) is 0 Å². The maximum absolute atomic E-state index is 5.91. The molecule has 1 aliphatic carbocycles. The van der Waals surface area contributed by atoms with Gasteiger partial charge in [-0.25, -0.2) is 0 Å². The van der Waals surface area contributed by atoms with Gasteiger partial charge < -0.3 is 15.0 Å². The third-order valence-corrected chi connectivity index (χ3v) is 5.59. The lowest BCUT2D eigenvalue weighted by atomic mass is 10.1. The summed E-state index contributed by atoms with van der Waals surface area (Å²) in [6.07, 6.45) is 7.20. The summed E-state index contributed by atoms with van der Waals surface area (Å²) in [4.78, 5) is 5.13. The molecule has 132 valence electrons. The summed E-state index contributed by atoms with van der Waals surface area (Å²) < 4.78 is 5.91. The number of hydrogen-bond acceptors (Lipinski definition) is 4. The molecule has 4 heteroatoms. The maximum atomic E-state index is 5.91. The summed E-state index contributed by atoms with van der Waals surface area (Å²) in [6.45, 7) is 7.45. The van der Waals surface area contributed by atoms with Crippen LogP contribution < -0.4 is 10.2 Å². The molecule has 4 nitrogen and oxygen atoms in total. The highest BCUT2D eigenvalue weighted by atomic mass is 16.5. The van der Waals surface area contributed by atoms with E-state index in [9.17, 15) is 0 Å². The molecule has 2 heterocycles. The Hall–Kier alpha value is -1.10. The van der Waals surface area contributed by atoms with Crippen molar-refractivity contribution in [2.24, 2.45) is 0 Å². The smallest absolute Gasteiger partial charge is 0.0826 e. The van der Waals surface area contributed by atoms with Crippen LogP contribution in [0.4, 0.5) is 5.69 Å². The van der Waals surface area contributed by atoms with Crippen molar-refractivity contribution in [1.82, 2.24) is 10.2 Å². The van der Waals surface area contributed by atoms with E-state index in [1.807, 2.05) is 0 Å². The first kappa shape index (κ1) is 16.4. The molecule has 0 spiro atoms. The number of piperidine rings is 1. The third-order valence-electron chi connectivity index (χ3n) is 5.59. The maximum Gasteiger partial charge on any atom is 0.0826 e. The van der Waals surface area contributed by atoms with Gasteiger partial charge in [0.2, 0.25) is 0 Å². The monoisotopic (exact) mass is 329 g/mol. The summed E-state index contributed by atoms with van der Waals surface area (Å²) in [5.41, 5.74) is 2.75. The second-order valence-electron chi connectivity index (χ2n) is 7.56. The minimum absolute atomic E-state index is 0.354. The standard InChI is InChI=1S/C20H31N3O/c1-2-10-22(11-3-1)18-6-4-17(5-7-18)14-21-15-20-16-23(12-13-24-20)19-8-9-19/h4-7,19-21H,1-3,8-16H2/t20-/m0/s1. The summed E-state index contributed by atoms with van der Waals surface area (Å²) in [6, 6.07) is 9.98. The molecular formula is C20H31N3O. The average molecular weight is 329 g/mol. The molecule has 0 unspecified atom stereocenters. The number of benzene rings is 1. The molecule has 1 saturated carbocycles. The molecule has 3 aliphatic rings. The molecule has 3 fully saturated rings. The molecule has 0 bridgehead atoms. The van der Waals surface area contributed by atoms with E-state index in [1.165, 1.54) is 56.4 Å². The number of anilines is 1. The van der Waals surface area contributed by atoms with Crippen LogP contribution >= 0.6 is 0 Å². The van der Waals surface area contributed by atoms with Crippen molar-refractivity contribution in [3.05, 3.63) is 29.8 Å². The van der Waals surface area contributed by atoms with Gasteiger partial charge in [-0.15, -0.1) is 0 Å². The highest BCUT2D eigenvalue weighted by molar-refractivity contribution is 5.47. The molecule has 1 aromatic rings. The average Bonchev–Trinajstić information content (AvgIpc) is 3.49. The van der Waals surface area contributed by atoms with Crippen LogP contribution in [0.2, 0.25) is 0 Å². The van der Waals surface area contributed by atoms with E-state index in [2.05, 4.69) is 39.4 Å². The van der Waals surface area contributed by atoms with Gasteiger partial charge in [0.1, 0.15) is 0 Å². The molecule has 4 rings (SSSR count). The van der Waals surface area contributed by atoms with E-state index >= 15 is 0 Å². The Morgan fingerprint density at radius 3 is 2.54 bits per heavy atom. The molecule has 1 atom stereocenters. The molecule has 24 heavy (non-hydrogen) atoms. The second-order valence-corrected chi connectivity index (χ2v) is 7.56. The van der Waals surface area contributed by atoms with Crippen LogP contribution in [-0.2, 0) is 11.3 Å². The normalized spacial score (nSPS) is 25.8. The van der Waals surface area contributed by atoms with Crippen molar-refractivity contribution in [1.29, 1.82) is 0 Å². The second kappa shape index (κ2) is 7.85. The van der Waals surface area contributed by atoms with Gasteiger partial charge in [0, 0.05) is 51.0 Å². The van der Waals surface area contributed by atoms with Gasteiger partial charge in [-0.3, -0.25) is 4.90 Å². The van der Waals surface area contributed by atoms with Crippen LogP contribution in [-0.4, -0.2) is 56.4 Å². The van der Waals surface area contributed by atoms with Crippen LogP contribution in [0.5, 0.6) is 0 Å². The predicted molar refractivity (Wildman–Crippen MR) is 98.5 cm³/mol. The molecule has 0 amide bonds. The lowest BCUT2D eigenvalue weighted by Gasteiger charge is -2.33. The Morgan fingerprint density at radius 2 is 1.79 bits per heavy atom. The number of nitrogens with one attached hydrogen (secondary N) is 1. The van der Waals surface area contributed by atoms with Gasteiger partial charge in [0.05, 0.1) is 12.7 Å². The van der Waals surface area contributed by atoms with E-state index < -0.39 is 0 Å². The topological polar surface area (TPSA) is 27.7 Å². The summed E-state index contributed by atoms with van der Waals surface area (Å²) in [7, 11) is 0. The first-order valence-electron chi connectivity index (χ1n) is 9.79. The lowest BCUT2D eigenvalue weighted by molar-refractivity contribution is -0.0301. The first-order valence-corrected chi connectivity index (χ1v) is 9.79. The quantitative estimate of drug-likeness (QED) is 0.868. The zero-order valence-electron chi connectivity index (χ0n) is 14.8. The van der Waals surface area contributed by atoms with Crippen LogP contribution in [0.3, 0.4) is 0 Å². The fourth-order valence-corrected chi connectivity index (χ4v) is 3.99. The van der Waals surface area contributed by atoms with E-state index in [0.29, 0.717) is 6.10 Å². The molecule has 0 radical (unpaired) electrons. The molecule has 1 N–H and O–H groups in total. The van der Waals surface area contributed by atoms with E-state index in [1.54, 1.807) is 0 Å². The van der Waals surface area contributed by atoms with E-state index in [-0.39, 0.29) is 0 Å². The lowest BCUT2D eigenvalue weighted by Crippen LogP contribution is -2.47. The zero-order valence-corrected chi connectivity index (χ0v) is 14.8. The Morgan fingerprint density at radius 1 is 1.00 bits per heavy atom. The summed E-state index contributed by atoms with van der Waals surface area (Å²) >= 11 is 0. The fraction of sp³-hybridized carbons (Fsp3) is 0.700. The summed E-state index contributed by atoms with van der Waals surface area (Å²) in [5, 5.41) is 3.59. The molecular weight excluding hydrogens is 298 g/mol. The molecule has 1 aromatic carbocycles. The van der Waals surface area contributed by atoms with Gasteiger partial charge in [0.25, 0.3) is 0 Å². The van der Waals surface area contributed by atoms with Crippen LogP contribution in [0.25, 0.3) is 0 Å². The molecule has 2 aliphatic heterocycles. The predicted octanol–water partition coefficient (Wildman–Crippen LogP) is 2.63. The van der Waals surface area contributed by atoms with E-state index in [0.717, 1.165) is 38.8 Å². The number of nitrogens with zero attached hydrogens (tertiary/aromatic N) is 2. The molecule has 0 aromatic heterocycles. The van der Waals surface area contributed by atoms with Crippen LogP contribution in [0.15, 0.2) is 24.3 Å². The van der Waals surface area contributed by atoms with Crippen LogP contribution in [0, 0.1) is 0 Å². The number of rotatable bonds is 6. The van der Waals surface area contributed by atoms with Crippen molar-refractivity contribution in [2.45, 2.75) is 50.8 Å². The van der Waals surface area contributed by atoms with Crippen LogP contribution in [0.1, 0.15) is 37.7 Å². The Labute approximate surface area is 146 Å². The fourth-order valence-electron chi connectivity index (χ4n) is 3.99. The Balaban J connectivity index is 1.21. The minimum atomic E-state index is 0.354. The van der Waals surface area contributed by atoms with Gasteiger partial charge in [-0.1, -0.05) is 12.1 Å². The van der Waals surface area contributed by atoms with Gasteiger partial charge in [-0.2, -0.15) is 0 Å². The largest absolute Gasteiger partial charge is 0.374 e. The van der Waals surface area contributed by atoms with Crippen molar-refractivity contribution in [3.8, 4) is 0 Å². The highest BCUT2D eigenvalue weighted by Gasteiger charge is 2.32. The highest BCUT2D eigenvalue weighted by Crippen LogP contribution is 2.28. The number of morpholine rings is 1. The molecule has 2 saturated heterocycles.